The molecule has 1 aliphatic heterocycles. The Morgan fingerprint density at radius 3 is 2.50 bits per heavy atom. The highest BCUT2D eigenvalue weighted by Crippen LogP contribution is 2.48. The first-order chi connectivity index (χ1) is 12.5. The van der Waals surface area contributed by atoms with Gasteiger partial charge in [0.2, 0.25) is 0 Å². The summed E-state index contributed by atoms with van der Waals surface area (Å²) >= 11 is 1.76. The minimum absolute atomic E-state index is 0.331. The van der Waals surface area contributed by atoms with Crippen molar-refractivity contribution in [2.75, 3.05) is 10.6 Å². The molecule has 1 fully saturated rings. The van der Waals surface area contributed by atoms with Crippen molar-refractivity contribution in [3.63, 3.8) is 0 Å². The van der Waals surface area contributed by atoms with E-state index in [1.54, 1.807) is 11.3 Å². The van der Waals surface area contributed by atoms with Crippen molar-refractivity contribution in [3.05, 3.63) is 34.3 Å². The van der Waals surface area contributed by atoms with Gasteiger partial charge in [0.25, 0.3) is 0 Å². The normalized spacial score (nSPS) is 18.5. The van der Waals surface area contributed by atoms with Gasteiger partial charge in [0.15, 0.2) is 0 Å². The quantitative estimate of drug-likeness (QED) is 0.661. The highest BCUT2D eigenvalue weighted by Gasteiger charge is 2.36. The third-order valence-corrected chi connectivity index (χ3v) is 6.42. The standard InChI is InChI=1S/C20H22N4OS/c1-9-17(11(3)25-24-9)14-7-15(19-10(2)21-12(4)26-19)18-16(8-14)22-20(23-18)13-5-6-13/h7-8,13,20,22-23H,5-6H2,1-4H3. The summed E-state index contributed by atoms with van der Waals surface area (Å²) in [5.74, 6) is 1.58. The van der Waals surface area contributed by atoms with E-state index in [1.807, 2.05) is 13.8 Å². The molecule has 5 rings (SSSR count). The molecule has 0 bridgehead atoms. The van der Waals surface area contributed by atoms with E-state index < -0.39 is 0 Å². The van der Waals surface area contributed by atoms with Gasteiger partial charge in [-0.15, -0.1) is 11.3 Å². The highest BCUT2D eigenvalue weighted by molar-refractivity contribution is 7.15. The van der Waals surface area contributed by atoms with Crippen LogP contribution < -0.4 is 10.6 Å². The molecule has 134 valence electrons. The first-order valence-electron chi connectivity index (χ1n) is 9.10. The molecule has 3 heterocycles. The number of aromatic nitrogens is 2. The number of nitrogens with zero attached hydrogens (tertiary/aromatic N) is 2. The van der Waals surface area contributed by atoms with E-state index in [1.165, 1.54) is 34.7 Å². The second kappa shape index (κ2) is 5.58. The zero-order valence-electron chi connectivity index (χ0n) is 15.4. The van der Waals surface area contributed by atoms with E-state index in [9.17, 15) is 0 Å². The zero-order valence-corrected chi connectivity index (χ0v) is 16.3. The van der Waals surface area contributed by atoms with Crippen molar-refractivity contribution in [3.8, 4) is 21.6 Å². The van der Waals surface area contributed by atoms with Crippen LogP contribution >= 0.6 is 11.3 Å². The van der Waals surface area contributed by atoms with Crippen LogP contribution in [0, 0.1) is 33.6 Å². The Hall–Kier alpha value is -2.34. The van der Waals surface area contributed by atoms with Gasteiger partial charge in [-0.25, -0.2) is 4.98 Å². The Morgan fingerprint density at radius 2 is 1.88 bits per heavy atom. The molecule has 1 unspecified atom stereocenters. The Kier molecular flexibility index (Phi) is 3.41. The summed E-state index contributed by atoms with van der Waals surface area (Å²) in [5.41, 5.74) is 7.83. The van der Waals surface area contributed by atoms with E-state index in [2.05, 4.69) is 46.8 Å². The molecule has 0 radical (unpaired) electrons. The summed E-state index contributed by atoms with van der Waals surface area (Å²) < 4.78 is 5.42. The molecule has 1 saturated carbocycles. The Bertz CT molecular complexity index is 996. The molecule has 0 spiro atoms. The van der Waals surface area contributed by atoms with Gasteiger partial charge >= 0.3 is 0 Å². The van der Waals surface area contributed by atoms with Crippen LogP contribution in [0.15, 0.2) is 16.7 Å². The number of nitrogens with one attached hydrogen (secondary N) is 2. The molecule has 0 saturated heterocycles. The second-order valence-corrected chi connectivity index (χ2v) is 8.60. The van der Waals surface area contributed by atoms with Crippen LogP contribution in [0.25, 0.3) is 21.6 Å². The smallest absolute Gasteiger partial charge is 0.141 e. The van der Waals surface area contributed by atoms with E-state index in [0.29, 0.717) is 6.17 Å². The van der Waals surface area contributed by atoms with Crippen LogP contribution in [0.4, 0.5) is 11.4 Å². The molecular formula is C20H22N4OS. The number of hydrogen-bond acceptors (Lipinski definition) is 6. The first kappa shape index (κ1) is 15.9. The van der Waals surface area contributed by atoms with Crippen LogP contribution in [0.2, 0.25) is 0 Å². The lowest BCUT2D eigenvalue weighted by Crippen LogP contribution is -2.24. The van der Waals surface area contributed by atoms with Gasteiger partial charge in [0, 0.05) is 11.1 Å². The van der Waals surface area contributed by atoms with Crippen LogP contribution in [0.1, 0.15) is 35.0 Å². The topological polar surface area (TPSA) is 63.0 Å². The van der Waals surface area contributed by atoms with Gasteiger partial charge in [0.1, 0.15) is 5.76 Å². The van der Waals surface area contributed by atoms with Gasteiger partial charge in [0.05, 0.1) is 38.8 Å². The third-order valence-electron chi connectivity index (χ3n) is 5.31. The minimum Gasteiger partial charge on any atom is -0.363 e. The maximum atomic E-state index is 5.42. The second-order valence-electron chi connectivity index (χ2n) is 7.40. The molecule has 1 aliphatic carbocycles. The molecule has 26 heavy (non-hydrogen) atoms. The SMILES string of the molecule is Cc1nc(C)c(-c2cc(-c3c(C)noc3C)cc3c2NC(C2CC2)N3)s1. The molecule has 0 amide bonds. The van der Waals surface area contributed by atoms with E-state index in [0.717, 1.165) is 39.2 Å². The molecule has 2 aliphatic rings. The van der Waals surface area contributed by atoms with Crippen molar-refractivity contribution in [1.29, 1.82) is 0 Å². The lowest BCUT2D eigenvalue weighted by molar-refractivity contribution is 0.393. The Labute approximate surface area is 156 Å². The molecule has 2 N–H and O–H groups in total. The van der Waals surface area contributed by atoms with E-state index >= 15 is 0 Å². The summed E-state index contributed by atoms with van der Waals surface area (Å²) in [4.78, 5) is 5.88. The largest absolute Gasteiger partial charge is 0.363 e. The van der Waals surface area contributed by atoms with Crippen molar-refractivity contribution in [1.82, 2.24) is 10.1 Å². The maximum Gasteiger partial charge on any atom is 0.141 e. The maximum absolute atomic E-state index is 5.42. The fraction of sp³-hybridized carbons (Fsp3) is 0.400. The molecule has 2 aromatic heterocycles. The predicted molar refractivity (Wildman–Crippen MR) is 106 cm³/mol. The molecule has 6 heteroatoms. The third kappa shape index (κ3) is 2.43. The average molecular weight is 366 g/mol. The van der Waals surface area contributed by atoms with E-state index in [-0.39, 0.29) is 0 Å². The molecule has 1 aromatic carbocycles. The number of fused-ring (bicyclic) bond motifs is 1. The number of anilines is 2. The fourth-order valence-electron chi connectivity index (χ4n) is 3.94. The van der Waals surface area contributed by atoms with Crippen LogP contribution in [0.5, 0.6) is 0 Å². The summed E-state index contributed by atoms with van der Waals surface area (Å²) in [6.45, 7) is 8.13. The molecular weight excluding hydrogens is 344 g/mol. The summed E-state index contributed by atoms with van der Waals surface area (Å²) in [6.07, 6.45) is 2.92. The van der Waals surface area contributed by atoms with Crippen molar-refractivity contribution >= 4 is 22.7 Å². The number of benzene rings is 1. The van der Waals surface area contributed by atoms with Gasteiger partial charge in [-0.3, -0.25) is 0 Å². The van der Waals surface area contributed by atoms with Crippen molar-refractivity contribution in [2.45, 2.75) is 46.7 Å². The van der Waals surface area contributed by atoms with Gasteiger partial charge < -0.3 is 15.2 Å². The summed E-state index contributed by atoms with van der Waals surface area (Å²) in [7, 11) is 0. The summed E-state index contributed by atoms with van der Waals surface area (Å²) in [5, 5.41) is 12.7. The van der Waals surface area contributed by atoms with Gasteiger partial charge in [-0.2, -0.15) is 0 Å². The number of hydrogen-bond donors (Lipinski definition) is 2. The average Bonchev–Trinajstić information content (AvgIpc) is 3.15. The molecule has 5 nitrogen and oxygen atoms in total. The molecule has 3 aromatic rings. The highest BCUT2D eigenvalue weighted by atomic mass is 32.1. The van der Waals surface area contributed by atoms with Crippen molar-refractivity contribution < 1.29 is 4.52 Å². The number of rotatable bonds is 3. The lowest BCUT2D eigenvalue weighted by Gasteiger charge is -2.11. The monoisotopic (exact) mass is 366 g/mol. The fourth-order valence-corrected chi connectivity index (χ4v) is 4.88. The first-order valence-corrected chi connectivity index (χ1v) is 9.91. The number of thiazole rings is 1. The van der Waals surface area contributed by atoms with E-state index in [4.69, 9.17) is 4.52 Å². The Morgan fingerprint density at radius 1 is 1.08 bits per heavy atom. The summed E-state index contributed by atoms with van der Waals surface area (Å²) in [6, 6.07) is 4.49. The van der Waals surface area contributed by atoms with Crippen LogP contribution in [0.3, 0.4) is 0 Å². The van der Waals surface area contributed by atoms with Crippen LogP contribution in [-0.4, -0.2) is 16.3 Å². The lowest BCUT2D eigenvalue weighted by atomic mass is 9.98. The minimum atomic E-state index is 0.331. The predicted octanol–water partition coefficient (Wildman–Crippen LogP) is 5.27. The molecule has 1 atom stereocenters. The number of aryl methyl sites for hydroxylation is 4. The zero-order chi connectivity index (χ0) is 18.0. The van der Waals surface area contributed by atoms with Crippen LogP contribution in [-0.2, 0) is 0 Å². The van der Waals surface area contributed by atoms with Crippen molar-refractivity contribution in [2.24, 2.45) is 5.92 Å². The van der Waals surface area contributed by atoms with Gasteiger partial charge in [-0.1, -0.05) is 5.16 Å². The Balaban J connectivity index is 1.71. The van der Waals surface area contributed by atoms with Gasteiger partial charge in [-0.05, 0) is 64.2 Å².